The molecule has 2 amide bonds. The highest BCUT2D eigenvalue weighted by Crippen LogP contribution is 2.42. The van der Waals surface area contributed by atoms with Crippen molar-refractivity contribution >= 4 is 29.0 Å². The Hall–Kier alpha value is -0.970. The van der Waals surface area contributed by atoms with Crippen LogP contribution in [0.25, 0.3) is 0 Å². The smallest absolute Gasteiger partial charge is 0.230 e. The molecule has 0 atom stereocenters. The van der Waals surface area contributed by atoms with Gasteiger partial charge in [-0.05, 0) is 37.0 Å². The summed E-state index contributed by atoms with van der Waals surface area (Å²) in [6.45, 7) is 6.10. The van der Waals surface area contributed by atoms with Crippen LogP contribution < -0.4 is 5.73 Å². The summed E-state index contributed by atoms with van der Waals surface area (Å²) in [4.78, 5) is 26.7. The number of nitrogens with two attached hydrogens (primary N) is 1. The number of carbonyl (C=O) groups is 2. The second-order valence-corrected chi connectivity index (χ2v) is 7.66. The van der Waals surface area contributed by atoms with Crippen molar-refractivity contribution in [2.24, 2.45) is 17.1 Å². The van der Waals surface area contributed by atoms with Crippen molar-refractivity contribution in [3.05, 3.63) is 0 Å². The molecule has 0 aromatic heterocycles. The number of carbonyl (C=O) groups excluding carboxylic acids is 2. The van der Waals surface area contributed by atoms with E-state index < -0.39 is 5.54 Å². The Morgan fingerprint density at radius 3 is 2.05 bits per heavy atom. The number of piperidine rings is 1. The van der Waals surface area contributed by atoms with Gasteiger partial charge in [-0.1, -0.05) is 33.0 Å². The van der Waals surface area contributed by atoms with Gasteiger partial charge in [0.2, 0.25) is 11.8 Å². The molecule has 0 aromatic carbocycles. The second kappa shape index (κ2) is 5.10. The summed E-state index contributed by atoms with van der Waals surface area (Å²) in [5.41, 5.74) is 4.98. The number of thiocarbonyl (C=S) groups is 1. The van der Waals surface area contributed by atoms with Crippen molar-refractivity contribution in [1.82, 2.24) is 4.90 Å². The molecule has 0 unspecified atom stereocenters. The van der Waals surface area contributed by atoms with E-state index >= 15 is 0 Å². The Bertz CT molecular complexity index is 431. The van der Waals surface area contributed by atoms with Gasteiger partial charge in [-0.2, -0.15) is 0 Å². The Balaban J connectivity index is 2.33. The average molecular weight is 296 g/mol. The van der Waals surface area contributed by atoms with Gasteiger partial charge in [0.15, 0.2) is 0 Å². The lowest BCUT2D eigenvalue weighted by atomic mass is 9.73. The number of rotatable bonds is 2. The number of hydrogen-bond acceptors (Lipinski definition) is 3. The Morgan fingerprint density at radius 1 is 1.20 bits per heavy atom. The molecule has 1 aliphatic carbocycles. The fourth-order valence-electron chi connectivity index (χ4n) is 3.48. The van der Waals surface area contributed by atoms with E-state index in [4.69, 9.17) is 18.0 Å². The molecule has 112 valence electrons. The lowest BCUT2D eigenvalue weighted by Gasteiger charge is -2.49. The molecule has 0 spiro atoms. The summed E-state index contributed by atoms with van der Waals surface area (Å²) in [7, 11) is 0. The van der Waals surface area contributed by atoms with E-state index in [9.17, 15) is 9.59 Å². The molecule has 20 heavy (non-hydrogen) atoms. The highest BCUT2D eigenvalue weighted by atomic mass is 32.1. The zero-order valence-electron chi connectivity index (χ0n) is 12.6. The molecule has 2 aliphatic rings. The number of amides is 2. The largest absolute Gasteiger partial charge is 0.391 e. The van der Waals surface area contributed by atoms with Crippen LogP contribution in [0, 0.1) is 11.3 Å². The topological polar surface area (TPSA) is 63.4 Å². The first-order chi connectivity index (χ1) is 9.18. The van der Waals surface area contributed by atoms with Crippen LogP contribution in [0.15, 0.2) is 0 Å². The van der Waals surface area contributed by atoms with Crippen LogP contribution in [0.4, 0.5) is 0 Å². The van der Waals surface area contributed by atoms with Gasteiger partial charge in [-0.15, -0.1) is 0 Å². The van der Waals surface area contributed by atoms with E-state index in [1.807, 2.05) is 13.8 Å². The Labute approximate surface area is 126 Å². The molecule has 2 rings (SSSR count). The molecule has 0 radical (unpaired) electrons. The maximum Gasteiger partial charge on any atom is 0.230 e. The maximum absolute atomic E-state index is 12.5. The minimum Gasteiger partial charge on any atom is -0.391 e. The second-order valence-electron chi connectivity index (χ2n) is 7.22. The normalized spacial score (nSPS) is 34.1. The molecule has 2 N–H and O–H groups in total. The van der Waals surface area contributed by atoms with Gasteiger partial charge in [0.05, 0.1) is 4.99 Å². The van der Waals surface area contributed by atoms with Gasteiger partial charge in [0, 0.05) is 12.8 Å². The molecule has 0 bridgehead atoms. The first kappa shape index (κ1) is 15.4. The van der Waals surface area contributed by atoms with Gasteiger partial charge in [-0.3, -0.25) is 14.5 Å². The fraction of sp³-hybridized carbons (Fsp3) is 0.800. The van der Waals surface area contributed by atoms with Gasteiger partial charge in [-0.25, -0.2) is 0 Å². The minimum absolute atomic E-state index is 0.117. The summed E-state index contributed by atoms with van der Waals surface area (Å²) < 4.78 is 0. The zero-order valence-corrected chi connectivity index (χ0v) is 13.4. The lowest BCUT2D eigenvalue weighted by molar-refractivity contribution is -0.159. The van der Waals surface area contributed by atoms with Crippen LogP contribution in [0.2, 0.25) is 0 Å². The molecule has 0 aromatic rings. The first-order valence-electron chi connectivity index (χ1n) is 7.34. The monoisotopic (exact) mass is 296 g/mol. The van der Waals surface area contributed by atoms with Crippen molar-refractivity contribution in [2.45, 2.75) is 64.8 Å². The van der Waals surface area contributed by atoms with E-state index in [1.54, 1.807) is 0 Å². The summed E-state index contributed by atoms with van der Waals surface area (Å²) in [6.07, 6.45) is 4.11. The third kappa shape index (κ3) is 2.60. The quantitative estimate of drug-likeness (QED) is 0.628. The highest BCUT2D eigenvalue weighted by Gasteiger charge is 2.51. The standard InChI is InChI=1S/C15H24N2O2S/c1-10-4-6-15(7-5-10,13(16)20)17-11(18)8-14(2,3)9-12(17)19/h10H,4-9H2,1-3H3,(H2,16,20). The van der Waals surface area contributed by atoms with Gasteiger partial charge in [0.1, 0.15) is 5.54 Å². The van der Waals surface area contributed by atoms with Crippen LogP contribution in [-0.2, 0) is 9.59 Å². The zero-order chi connectivity index (χ0) is 15.1. The van der Waals surface area contributed by atoms with Gasteiger partial charge < -0.3 is 5.73 Å². The van der Waals surface area contributed by atoms with Crippen molar-refractivity contribution in [3.63, 3.8) is 0 Å². The van der Waals surface area contributed by atoms with Crippen LogP contribution >= 0.6 is 12.2 Å². The maximum atomic E-state index is 12.5. The van der Waals surface area contributed by atoms with Crippen molar-refractivity contribution in [1.29, 1.82) is 0 Å². The van der Waals surface area contributed by atoms with Gasteiger partial charge in [0.25, 0.3) is 0 Å². The fourth-order valence-corrected chi connectivity index (χ4v) is 3.77. The number of hydrogen-bond donors (Lipinski definition) is 1. The molecule has 4 nitrogen and oxygen atoms in total. The summed E-state index contributed by atoms with van der Waals surface area (Å²) in [5.74, 6) is 0.367. The third-order valence-corrected chi connectivity index (χ3v) is 5.13. The predicted octanol–water partition coefficient (Wildman–Crippen LogP) is 2.40. The van der Waals surface area contributed by atoms with Crippen LogP contribution in [0.1, 0.15) is 59.3 Å². The molecular formula is C15H24N2O2S. The molecule has 1 heterocycles. The molecule has 2 fully saturated rings. The minimum atomic E-state index is -0.716. The van der Waals surface area contributed by atoms with E-state index in [1.165, 1.54) is 4.90 Å². The summed E-state index contributed by atoms with van der Waals surface area (Å²) >= 11 is 5.24. The highest BCUT2D eigenvalue weighted by molar-refractivity contribution is 7.80. The van der Waals surface area contributed by atoms with Crippen molar-refractivity contribution in [2.75, 3.05) is 0 Å². The number of imide groups is 1. The van der Waals surface area contributed by atoms with Crippen molar-refractivity contribution in [3.8, 4) is 0 Å². The predicted molar refractivity (Wildman–Crippen MR) is 82.0 cm³/mol. The molecular weight excluding hydrogens is 272 g/mol. The molecule has 1 aliphatic heterocycles. The van der Waals surface area contributed by atoms with Crippen LogP contribution in [0.3, 0.4) is 0 Å². The van der Waals surface area contributed by atoms with E-state index in [-0.39, 0.29) is 17.2 Å². The van der Waals surface area contributed by atoms with Crippen molar-refractivity contribution < 1.29 is 9.59 Å². The Kier molecular flexibility index (Phi) is 3.93. The number of likely N-dealkylation sites (tertiary alicyclic amines) is 1. The van der Waals surface area contributed by atoms with E-state index in [2.05, 4.69) is 6.92 Å². The Morgan fingerprint density at radius 2 is 1.65 bits per heavy atom. The van der Waals surface area contributed by atoms with Crippen LogP contribution in [0.5, 0.6) is 0 Å². The van der Waals surface area contributed by atoms with Gasteiger partial charge >= 0.3 is 0 Å². The van der Waals surface area contributed by atoms with Crippen LogP contribution in [-0.4, -0.2) is 27.2 Å². The lowest BCUT2D eigenvalue weighted by Crippen LogP contribution is -2.64. The number of nitrogens with zero attached hydrogens (tertiary/aromatic N) is 1. The average Bonchev–Trinajstić information content (AvgIpc) is 2.28. The summed E-state index contributed by atoms with van der Waals surface area (Å²) in [6, 6.07) is 0. The SMILES string of the molecule is CC1CCC(C(N)=S)(N2C(=O)CC(C)(C)CC2=O)CC1. The first-order valence-corrected chi connectivity index (χ1v) is 7.75. The molecule has 5 heteroatoms. The molecule has 1 saturated carbocycles. The van der Waals surface area contributed by atoms with E-state index in [0.29, 0.717) is 36.6 Å². The third-order valence-electron chi connectivity index (χ3n) is 4.75. The molecule has 1 saturated heterocycles. The summed E-state index contributed by atoms with van der Waals surface area (Å²) in [5, 5.41) is 0. The van der Waals surface area contributed by atoms with E-state index in [0.717, 1.165) is 12.8 Å².